The number of nitrogens with two attached hydrogens (primary N) is 1. The Kier molecular flexibility index (Phi) is 1.58. The number of anilines is 1. The number of nitrogen functional groups attached to an aromatic ring is 1. The van der Waals surface area contributed by atoms with E-state index in [9.17, 15) is 13.2 Å². The standard InChI is InChI=1S/C6H7F3N2/c1-3-5(10)4(2-11-3)6(7,8)9/h2,11H,10H2,1H3. The van der Waals surface area contributed by atoms with Gasteiger partial charge in [-0.15, -0.1) is 0 Å². The minimum Gasteiger partial charge on any atom is -0.397 e. The molecule has 1 rings (SSSR count). The summed E-state index contributed by atoms with van der Waals surface area (Å²) in [6, 6.07) is 0. The summed E-state index contributed by atoms with van der Waals surface area (Å²) in [6.45, 7) is 1.49. The first-order chi connectivity index (χ1) is 4.93. The highest BCUT2D eigenvalue weighted by atomic mass is 19.4. The van der Waals surface area contributed by atoms with Crippen LogP contribution in [0.25, 0.3) is 0 Å². The Balaban J connectivity index is 3.15. The molecule has 0 saturated carbocycles. The van der Waals surface area contributed by atoms with Crippen molar-refractivity contribution in [2.45, 2.75) is 13.1 Å². The molecule has 0 aromatic carbocycles. The lowest BCUT2D eigenvalue weighted by atomic mass is 10.2. The number of aromatic amines is 1. The average Bonchev–Trinajstić information content (AvgIpc) is 2.11. The molecule has 0 atom stereocenters. The fraction of sp³-hybridized carbons (Fsp3) is 0.333. The molecule has 3 N–H and O–H groups in total. The van der Waals surface area contributed by atoms with E-state index in [1.54, 1.807) is 0 Å². The zero-order valence-corrected chi connectivity index (χ0v) is 5.79. The van der Waals surface area contributed by atoms with Gasteiger partial charge in [0.15, 0.2) is 0 Å². The molecule has 0 fully saturated rings. The highest BCUT2D eigenvalue weighted by Crippen LogP contribution is 2.34. The van der Waals surface area contributed by atoms with Crippen LogP contribution < -0.4 is 5.73 Å². The van der Waals surface area contributed by atoms with E-state index in [-0.39, 0.29) is 5.69 Å². The van der Waals surface area contributed by atoms with E-state index < -0.39 is 11.7 Å². The van der Waals surface area contributed by atoms with E-state index in [0.717, 1.165) is 6.20 Å². The first kappa shape index (κ1) is 7.97. The summed E-state index contributed by atoms with van der Waals surface area (Å²) in [6.07, 6.45) is -3.49. The van der Waals surface area contributed by atoms with Gasteiger partial charge in [0.25, 0.3) is 0 Å². The number of rotatable bonds is 0. The highest BCUT2D eigenvalue weighted by molar-refractivity contribution is 5.52. The SMILES string of the molecule is Cc1[nH]cc(C(F)(F)F)c1N. The molecule has 1 aromatic heterocycles. The monoisotopic (exact) mass is 164 g/mol. The van der Waals surface area contributed by atoms with Gasteiger partial charge in [0.05, 0.1) is 11.3 Å². The zero-order valence-electron chi connectivity index (χ0n) is 5.79. The molecule has 0 aliphatic rings. The molecule has 0 radical (unpaired) electrons. The van der Waals surface area contributed by atoms with E-state index in [1.165, 1.54) is 6.92 Å². The maximum atomic E-state index is 12.0. The molecule has 0 spiro atoms. The molecule has 2 nitrogen and oxygen atoms in total. The number of aromatic nitrogens is 1. The lowest BCUT2D eigenvalue weighted by Gasteiger charge is -2.03. The quantitative estimate of drug-likeness (QED) is 0.604. The van der Waals surface area contributed by atoms with Crippen molar-refractivity contribution < 1.29 is 13.2 Å². The second kappa shape index (κ2) is 2.18. The van der Waals surface area contributed by atoms with Gasteiger partial charge < -0.3 is 10.7 Å². The molecular formula is C6H7F3N2. The van der Waals surface area contributed by atoms with Crippen LogP contribution in [0.1, 0.15) is 11.3 Å². The molecule has 0 bridgehead atoms. The van der Waals surface area contributed by atoms with Gasteiger partial charge in [-0.3, -0.25) is 0 Å². The average molecular weight is 164 g/mol. The number of nitrogens with one attached hydrogen (secondary N) is 1. The van der Waals surface area contributed by atoms with Crippen LogP contribution in [0.4, 0.5) is 18.9 Å². The van der Waals surface area contributed by atoms with Crippen molar-refractivity contribution in [2.75, 3.05) is 5.73 Å². The van der Waals surface area contributed by atoms with Crippen LogP contribution in [0.3, 0.4) is 0 Å². The van der Waals surface area contributed by atoms with Crippen molar-refractivity contribution in [3.05, 3.63) is 17.5 Å². The largest absolute Gasteiger partial charge is 0.419 e. The van der Waals surface area contributed by atoms with E-state index in [0.29, 0.717) is 5.69 Å². The Morgan fingerprint density at radius 2 is 2.00 bits per heavy atom. The van der Waals surface area contributed by atoms with Gasteiger partial charge in [0.2, 0.25) is 0 Å². The summed E-state index contributed by atoms with van der Waals surface area (Å²) in [5.74, 6) is 0. The van der Waals surface area contributed by atoms with Gasteiger partial charge in [-0.1, -0.05) is 0 Å². The van der Waals surface area contributed by atoms with Gasteiger partial charge >= 0.3 is 6.18 Å². The van der Waals surface area contributed by atoms with E-state index in [4.69, 9.17) is 5.73 Å². The molecule has 0 saturated heterocycles. The minimum absolute atomic E-state index is 0.225. The number of aryl methyl sites for hydroxylation is 1. The third kappa shape index (κ3) is 1.31. The van der Waals surface area contributed by atoms with Crippen molar-refractivity contribution in [3.8, 4) is 0 Å². The first-order valence-corrected chi connectivity index (χ1v) is 2.93. The van der Waals surface area contributed by atoms with Crippen LogP contribution in [-0.4, -0.2) is 4.98 Å². The van der Waals surface area contributed by atoms with Crippen LogP contribution >= 0.6 is 0 Å². The molecule has 0 aliphatic heterocycles. The Bertz CT molecular complexity index is 261. The minimum atomic E-state index is -4.35. The first-order valence-electron chi connectivity index (χ1n) is 2.93. The Hall–Kier alpha value is -1.13. The zero-order chi connectivity index (χ0) is 8.65. The highest BCUT2D eigenvalue weighted by Gasteiger charge is 2.34. The van der Waals surface area contributed by atoms with Crippen molar-refractivity contribution >= 4 is 5.69 Å². The van der Waals surface area contributed by atoms with Gasteiger partial charge in [-0.25, -0.2) is 0 Å². The number of alkyl halides is 3. The lowest BCUT2D eigenvalue weighted by molar-refractivity contribution is -0.136. The van der Waals surface area contributed by atoms with Gasteiger partial charge in [0.1, 0.15) is 0 Å². The molecular weight excluding hydrogens is 157 g/mol. The molecule has 0 unspecified atom stereocenters. The Morgan fingerprint density at radius 3 is 2.18 bits per heavy atom. The lowest BCUT2D eigenvalue weighted by Crippen LogP contribution is -2.06. The number of halogens is 3. The summed E-state index contributed by atoms with van der Waals surface area (Å²) in [4.78, 5) is 2.40. The van der Waals surface area contributed by atoms with Gasteiger partial charge in [0, 0.05) is 11.9 Å². The summed E-state index contributed by atoms with van der Waals surface area (Å²) in [5, 5.41) is 0. The maximum absolute atomic E-state index is 12.0. The second-order valence-electron chi connectivity index (χ2n) is 2.24. The van der Waals surface area contributed by atoms with Crippen molar-refractivity contribution in [1.82, 2.24) is 4.98 Å². The smallest absolute Gasteiger partial charge is 0.397 e. The number of hydrogen-bond acceptors (Lipinski definition) is 1. The van der Waals surface area contributed by atoms with Gasteiger partial charge in [-0.05, 0) is 6.92 Å². The van der Waals surface area contributed by atoms with Crippen LogP contribution in [0.5, 0.6) is 0 Å². The fourth-order valence-electron chi connectivity index (χ4n) is 0.772. The summed E-state index contributed by atoms with van der Waals surface area (Å²) in [5.41, 5.74) is 4.46. The van der Waals surface area contributed by atoms with Crippen LogP contribution in [0.15, 0.2) is 6.20 Å². The Morgan fingerprint density at radius 1 is 1.45 bits per heavy atom. The third-order valence-electron chi connectivity index (χ3n) is 1.43. The molecule has 11 heavy (non-hydrogen) atoms. The van der Waals surface area contributed by atoms with E-state index in [2.05, 4.69) is 4.98 Å². The van der Waals surface area contributed by atoms with Crippen molar-refractivity contribution in [1.29, 1.82) is 0 Å². The molecule has 62 valence electrons. The Labute approximate surface area is 61.2 Å². The van der Waals surface area contributed by atoms with Crippen molar-refractivity contribution in [3.63, 3.8) is 0 Å². The van der Waals surface area contributed by atoms with E-state index >= 15 is 0 Å². The molecule has 1 heterocycles. The van der Waals surface area contributed by atoms with E-state index in [1.807, 2.05) is 0 Å². The van der Waals surface area contributed by atoms with Crippen molar-refractivity contribution in [2.24, 2.45) is 0 Å². The fourth-order valence-corrected chi connectivity index (χ4v) is 0.772. The number of hydrogen-bond donors (Lipinski definition) is 2. The summed E-state index contributed by atoms with van der Waals surface area (Å²) < 4.78 is 35.9. The predicted molar refractivity (Wildman–Crippen MR) is 34.9 cm³/mol. The van der Waals surface area contributed by atoms with Gasteiger partial charge in [-0.2, -0.15) is 13.2 Å². The normalized spacial score (nSPS) is 12.0. The molecule has 0 aliphatic carbocycles. The van der Waals surface area contributed by atoms with Crippen LogP contribution in [-0.2, 0) is 6.18 Å². The van der Waals surface area contributed by atoms with Crippen LogP contribution in [0, 0.1) is 6.92 Å². The second-order valence-corrected chi connectivity index (χ2v) is 2.24. The van der Waals surface area contributed by atoms with Crippen LogP contribution in [0.2, 0.25) is 0 Å². The maximum Gasteiger partial charge on any atom is 0.419 e. The molecule has 1 aromatic rings. The number of H-pyrrole nitrogens is 1. The molecule has 5 heteroatoms. The predicted octanol–water partition coefficient (Wildman–Crippen LogP) is 1.92. The summed E-state index contributed by atoms with van der Waals surface area (Å²) >= 11 is 0. The third-order valence-corrected chi connectivity index (χ3v) is 1.43. The topological polar surface area (TPSA) is 41.8 Å². The summed E-state index contributed by atoms with van der Waals surface area (Å²) in [7, 11) is 0. The molecule has 0 amide bonds.